The number of hydrogen-bond acceptors (Lipinski definition) is 2. The lowest BCUT2D eigenvalue weighted by molar-refractivity contribution is 0.670. The lowest BCUT2D eigenvalue weighted by Crippen LogP contribution is -2.10. The van der Waals surface area contributed by atoms with E-state index in [9.17, 15) is 0 Å². The lowest BCUT2D eigenvalue weighted by Gasteiger charge is -2.28. The molecule has 11 rings (SSSR count). The fourth-order valence-electron chi connectivity index (χ4n) is 8.61. The molecule has 0 unspecified atom stereocenters. The number of hydrogen-bond donors (Lipinski definition) is 0. The molecule has 0 aliphatic carbocycles. The molecular formula is C54H35NO. The third-order valence-corrected chi connectivity index (χ3v) is 11.3. The van der Waals surface area contributed by atoms with Crippen molar-refractivity contribution >= 4 is 71.3 Å². The number of benzene rings is 10. The Morgan fingerprint density at radius 1 is 0.321 bits per heavy atom. The zero-order valence-corrected chi connectivity index (χ0v) is 30.6. The number of furan rings is 1. The Hall–Kier alpha value is -7.42. The molecule has 0 atom stereocenters. The second kappa shape index (κ2) is 13.2. The summed E-state index contributed by atoms with van der Waals surface area (Å²) in [5, 5.41) is 9.62. The van der Waals surface area contributed by atoms with Crippen molar-refractivity contribution in [1.29, 1.82) is 0 Å². The van der Waals surface area contributed by atoms with Crippen LogP contribution in [0.4, 0.5) is 17.1 Å². The Morgan fingerprint density at radius 3 is 1.62 bits per heavy atom. The summed E-state index contributed by atoms with van der Waals surface area (Å²) in [6, 6.07) is 76.4. The molecule has 2 nitrogen and oxygen atoms in total. The highest BCUT2D eigenvalue weighted by Crippen LogP contribution is 2.45. The van der Waals surface area contributed by atoms with E-state index in [1.807, 2.05) is 6.07 Å². The van der Waals surface area contributed by atoms with Gasteiger partial charge in [0.1, 0.15) is 11.2 Å². The molecule has 0 saturated heterocycles. The largest absolute Gasteiger partial charge is 0.455 e. The average molecular weight is 714 g/mol. The smallest absolute Gasteiger partial charge is 0.143 e. The van der Waals surface area contributed by atoms with Gasteiger partial charge in [-0.1, -0.05) is 170 Å². The topological polar surface area (TPSA) is 16.4 Å². The van der Waals surface area contributed by atoms with E-state index < -0.39 is 0 Å². The first-order valence-corrected chi connectivity index (χ1v) is 19.2. The Bertz CT molecular complexity index is 3230. The number of rotatable bonds is 6. The Balaban J connectivity index is 1.11. The van der Waals surface area contributed by atoms with Crippen LogP contribution in [0.2, 0.25) is 0 Å². The molecule has 0 fully saturated rings. The minimum atomic E-state index is 0.893. The highest BCUT2D eigenvalue weighted by Gasteiger charge is 2.20. The molecule has 10 aromatic carbocycles. The minimum absolute atomic E-state index is 0.893. The van der Waals surface area contributed by atoms with Gasteiger partial charge in [0.2, 0.25) is 0 Å². The van der Waals surface area contributed by atoms with Crippen molar-refractivity contribution in [2.24, 2.45) is 0 Å². The van der Waals surface area contributed by atoms with Gasteiger partial charge in [0.05, 0.1) is 5.69 Å². The molecule has 0 aliphatic rings. The molecule has 0 bridgehead atoms. The maximum atomic E-state index is 6.62. The van der Waals surface area contributed by atoms with Crippen molar-refractivity contribution in [2.45, 2.75) is 0 Å². The molecule has 0 spiro atoms. The molecule has 1 aromatic heterocycles. The third kappa shape index (κ3) is 5.26. The van der Waals surface area contributed by atoms with Crippen LogP contribution in [-0.2, 0) is 0 Å². The van der Waals surface area contributed by atoms with Crippen LogP contribution in [0.25, 0.3) is 87.6 Å². The van der Waals surface area contributed by atoms with Gasteiger partial charge < -0.3 is 9.32 Å². The van der Waals surface area contributed by atoms with E-state index in [-0.39, 0.29) is 0 Å². The first kappa shape index (κ1) is 32.0. The van der Waals surface area contributed by atoms with Crippen LogP contribution in [-0.4, -0.2) is 0 Å². The number of nitrogens with zero attached hydrogens (tertiary/aromatic N) is 1. The molecule has 1 heterocycles. The van der Waals surface area contributed by atoms with E-state index in [2.05, 4.69) is 211 Å². The van der Waals surface area contributed by atoms with Crippen molar-refractivity contribution in [3.05, 3.63) is 212 Å². The summed E-state index contributed by atoms with van der Waals surface area (Å²) in [5.41, 5.74) is 12.1. The van der Waals surface area contributed by atoms with E-state index in [0.29, 0.717) is 0 Å². The van der Waals surface area contributed by atoms with Gasteiger partial charge in [-0.05, 0) is 97.2 Å². The van der Waals surface area contributed by atoms with Gasteiger partial charge >= 0.3 is 0 Å². The quantitative estimate of drug-likeness (QED) is 0.160. The number of para-hydroxylation sites is 1. The van der Waals surface area contributed by atoms with Gasteiger partial charge in [-0.2, -0.15) is 0 Å². The van der Waals surface area contributed by atoms with Crippen LogP contribution in [0, 0.1) is 0 Å². The second-order valence-corrected chi connectivity index (χ2v) is 14.4. The summed E-state index contributed by atoms with van der Waals surface area (Å²) < 4.78 is 6.62. The van der Waals surface area contributed by atoms with Crippen molar-refractivity contribution < 1.29 is 4.42 Å². The standard InChI is InChI=1S/C54H35NO/c1-3-13-36(14-4-1)44-33-34-51(48-20-10-9-19-47(44)48)55(42-30-27-40-24-23-38-17-7-8-18-43(38)50(40)35-42)41-28-25-39(26-29-41)45-31-32-46(37-15-5-2-6-16-37)54-53(45)49-21-11-12-22-52(49)56-54/h1-35H. The summed E-state index contributed by atoms with van der Waals surface area (Å²) in [5.74, 6) is 0. The van der Waals surface area contributed by atoms with E-state index in [4.69, 9.17) is 4.42 Å². The van der Waals surface area contributed by atoms with Gasteiger partial charge in [-0.15, -0.1) is 0 Å². The molecule has 0 aliphatic heterocycles. The summed E-state index contributed by atoms with van der Waals surface area (Å²) in [6.45, 7) is 0. The van der Waals surface area contributed by atoms with Crippen LogP contribution < -0.4 is 4.90 Å². The first-order chi connectivity index (χ1) is 27.8. The van der Waals surface area contributed by atoms with Crippen molar-refractivity contribution in [3.8, 4) is 33.4 Å². The molecule has 0 radical (unpaired) electrons. The lowest BCUT2D eigenvalue weighted by atomic mass is 9.94. The van der Waals surface area contributed by atoms with Crippen LogP contribution in [0.3, 0.4) is 0 Å². The molecular weight excluding hydrogens is 679 g/mol. The van der Waals surface area contributed by atoms with Crippen molar-refractivity contribution in [1.82, 2.24) is 0 Å². The first-order valence-electron chi connectivity index (χ1n) is 19.2. The molecule has 0 N–H and O–H groups in total. The summed E-state index contributed by atoms with van der Waals surface area (Å²) in [4.78, 5) is 2.42. The van der Waals surface area contributed by atoms with E-state index in [1.165, 1.54) is 43.4 Å². The number of anilines is 3. The van der Waals surface area contributed by atoms with Crippen molar-refractivity contribution in [3.63, 3.8) is 0 Å². The Morgan fingerprint density at radius 2 is 0.857 bits per heavy atom. The van der Waals surface area contributed by atoms with Gasteiger partial charge in [-0.25, -0.2) is 0 Å². The zero-order chi connectivity index (χ0) is 37.0. The zero-order valence-electron chi connectivity index (χ0n) is 30.6. The van der Waals surface area contributed by atoms with Crippen molar-refractivity contribution in [2.75, 3.05) is 4.90 Å². The molecule has 0 amide bonds. The van der Waals surface area contributed by atoms with Gasteiger partial charge in [0, 0.05) is 33.1 Å². The van der Waals surface area contributed by atoms with Gasteiger partial charge in [0.15, 0.2) is 0 Å². The molecule has 0 saturated carbocycles. The Kier molecular flexibility index (Phi) is 7.53. The number of fused-ring (bicyclic) bond motifs is 7. The van der Waals surface area contributed by atoms with Gasteiger partial charge in [-0.3, -0.25) is 0 Å². The summed E-state index contributed by atoms with van der Waals surface area (Å²) in [6.07, 6.45) is 0. The van der Waals surface area contributed by atoms with Crippen LogP contribution >= 0.6 is 0 Å². The summed E-state index contributed by atoms with van der Waals surface area (Å²) >= 11 is 0. The molecule has 56 heavy (non-hydrogen) atoms. The Labute approximate surface area is 325 Å². The molecule has 2 heteroatoms. The highest BCUT2D eigenvalue weighted by atomic mass is 16.3. The monoisotopic (exact) mass is 713 g/mol. The SMILES string of the molecule is c1ccc(-c2ccc(N(c3ccc(-c4ccc(-c5ccccc5)c5oc6ccccc6c45)cc3)c3ccc4ccc5ccccc5c4c3)c3ccccc23)cc1. The minimum Gasteiger partial charge on any atom is -0.455 e. The second-order valence-electron chi connectivity index (χ2n) is 14.4. The fourth-order valence-corrected chi connectivity index (χ4v) is 8.61. The maximum Gasteiger partial charge on any atom is 0.143 e. The van der Waals surface area contributed by atoms with Crippen LogP contribution in [0.1, 0.15) is 0 Å². The molecule has 262 valence electrons. The fraction of sp³-hybridized carbons (Fsp3) is 0. The average Bonchev–Trinajstić information content (AvgIpc) is 3.67. The van der Waals surface area contributed by atoms with Crippen LogP contribution in [0.5, 0.6) is 0 Å². The summed E-state index contributed by atoms with van der Waals surface area (Å²) in [7, 11) is 0. The van der Waals surface area contributed by atoms with E-state index >= 15 is 0 Å². The van der Waals surface area contributed by atoms with Gasteiger partial charge in [0.25, 0.3) is 0 Å². The van der Waals surface area contributed by atoms with Crippen LogP contribution in [0.15, 0.2) is 217 Å². The van der Waals surface area contributed by atoms with E-state index in [0.717, 1.165) is 61.3 Å². The normalized spacial score (nSPS) is 11.6. The predicted octanol–water partition coefficient (Wildman–Crippen LogP) is 15.5. The molecule has 11 aromatic rings. The maximum absolute atomic E-state index is 6.62. The third-order valence-electron chi connectivity index (χ3n) is 11.3. The predicted molar refractivity (Wildman–Crippen MR) is 237 cm³/mol. The van der Waals surface area contributed by atoms with E-state index in [1.54, 1.807) is 0 Å². The highest BCUT2D eigenvalue weighted by molar-refractivity contribution is 6.16.